The third kappa shape index (κ3) is 4.13. The van der Waals surface area contributed by atoms with Crippen molar-refractivity contribution in [2.75, 3.05) is 20.0 Å². The molecule has 1 aliphatic rings. The van der Waals surface area contributed by atoms with E-state index in [1.807, 2.05) is 30.3 Å². The van der Waals surface area contributed by atoms with Gasteiger partial charge < -0.3 is 9.47 Å². The zero-order chi connectivity index (χ0) is 20.4. The molecule has 0 N–H and O–H groups in total. The van der Waals surface area contributed by atoms with Crippen LogP contribution in [0, 0.1) is 0 Å². The number of halogens is 1. The first kappa shape index (κ1) is 20.2. The average molecular weight is 447 g/mol. The molecular weight excluding hydrogens is 428 g/mol. The van der Waals surface area contributed by atoms with E-state index >= 15 is 0 Å². The fraction of sp³-hybridized carbons (Fsp3) is 0.238. The fourth-order valence-electron chi connectivity index (χ4n) is 3.16. The number of aryl methyl sites for hydroxylation is 1. The molecule has 8 heteroatoms. The van der Waals surface area contributed by atoms with Gasteiger partial charge >= 0.3 is 0 Å². The Kier molecular flexibility index (Phi) is 6.08. The summed E-state index contributed by atoms with van der Waals surface area (Å²) >= 11 is 9.20. The highest BCUT2D eigenvalue weighted by Gasteiger charge is 2.23. The van der Waals surface area contributed by atoms with Crippen LogP contribution in [0.3, 0.4) is 0 Å². The summed E-state index contributed by atoms with van der Waals surface area (Å²) in [6, 6.07) is 13.2. The molecule has 0 spiro atoms. The largest absolute Gasteiger partial charge is 0.493 e. The lowest BCUT2D eigenvalue weighted by atomic mass is 10.2. The Hall–Kier alpha value is -2.09. The van der Waals surface area contributed by atoms with Crippen LogP contribution in [-0.4, -0.2) is 29.5 Å². The zero-order valence-electron chi connectivity index (χ0n) is 16.0. The van der Waals surface area contributed by atoms with Crippen molar-refractivity contribution in [3.8, 4) is 17.2 Å². The second-order valence-electron chi connectivity index (χ2n) is 6.37. The molecule has 4 rings (SSSR count). The Bertz CT molecular complexity index is 1120. The molecule has 0 aliphatic carbocycles. The number of nitrogens with zero attached hydrogens (tertiary/aromatic N) is 2. The van der Waals surface area contributed by atoms with Crippen LogP contribution in [0.2, 0.25) is 5.02 Å². The third-order valence-corrected chi connectivity index (χ3v) is 6.90. The summed E-state index contributed by atoms with van der Waals surface area (Å²) in [5, 5.41) is 1.35. The number of thioether (sulfide) groups is 2. The molecule has 5 nitrogen and oxygen atoms in total. The molecule has 0 fully saturated rings. The topological polar surface area (TPSA) is 53.4 Å². The van der Waals surface area contributed by atoms with Crippen LogP contribution in [0.5, 0.6) is 11.5 Å². The van der Waals surface area contributed by atoms with E-state index in [9.17, 15) is 4.79 Å². The summed E-state index contributed by atoms with van der Waals surface area (Å²) < 4.78 is 12.4. The third-order valence-electron chi connectivity index (χ3n) is 4.55. The molecule has 1 aromatic heterocycles. The van der Waals surface area contributed by atoms with E-state index in [1.165, 1.54) is 11.8 Å². The molecule has 2 aromatic carbocycles. The fourth-order valence-corrected chi connectivity index (χ4v) is 5.36. The van der Waals surface area contributed by atoms with Crippen LogP contribution in [0.15, 0.2) is 57.3 Å². The van der Waals surface area contributed by atoms with Crippen molar-refractivity contribution < 1.29 is 9.47 Å². The molecule has 0 saturated heterocycles. The smallest absolute Gasteiger partial charge is 0.272 e. The maximum absolute atomic E-state index is 13.3. The van der Waals surface area contributed by atoms with E-state index in [4.69, 9.17) is 26.1 Å². The van der Waals surface area contributed by atoms with Gasteiger partial charge in [0.05, 0.1) is 30.5 Å². The number of aromatic nitrogens is 2. The first-order chi connectivity index (χ1) is 14.1. The van der Waals surface area contributed by atoms with E-state index in [0.29, 0.717) is 33.1 Å². The van der Waals surface area contributed by atoms with Gasteiger partial charge in [-0.1, -0.05) is 35.5 Å². The molecule has 29 heavy (non-hydrogen) atoms. The van der Waals surface area contributed by atoms with Crippen molar-refractivity contribution in [2.24, 2.45) is 0 Å². The highest BCUT2D eigenvalue weighted by Crippen LogP contribution is 2.34. The summed E-state index contributed by atoms with van der Waals surface area (Å²) in [6.07, 6.45) is 0.812. The molecule has 0 unspecified atom stereocenters. The predicted octanol–water partition coefficient (Wildman–Crippen LogP) is 4.84. The molecule has 0 bridgehead atoms. The van der Waals surface area contributed by atoms with E-state index in [0.717, 1.165) is 28.3 Å². The monoisotopic (exact) mass is 446 g/mol. The Balaban J connectivity index is 1.79. The average Bonchev–Trinajstić information content (AvgIpc) is 3.21. The van der Waals surface area contributed by atoms with E-state index in [-0.39, 0.29) is 5.56 Å². The number of hydrogen-bond acceptors (Lipinski definition) is 6. The minimum Gasteiger partial charge on any atom is -0.493 e. The van der Waals surface area contributed by atoms with Gasteiger partial charge in [-0.2, -0.15) is 0 Å². The Labute approximate surface area is 182 Å². The Morgan fingerprint density at radius 3 is 2.76 bits per heavy atom. The van der Waals surface area contributed by atoms with Gasteiger partial charge in [0.1, 0.15) is 0 Å². The molecule has 1 aliphatic heterocycles. The van der Waals surface area contributed by atoms with Crippen molar-refractivity contribution in [2.45, 2.75) is 22.2 Å². The standard InChI is InChI=1S/C21H19ClN2O3S2/c1-26-17-7-6-15(11-18(17)27-2)24-20(25)19-16(8-9-28-19)23-21(24)29-12-13-4-3-5-14(22)10-13/h3-7,10-11H,8-9,12H2,1-2H3. The normalized spacial score (nSPS) is 12.7. The van der Waals surface area contributed by atoms with Gasteiger partial charge in [0, 0.05) is 29.0 Å². The molecular formula is C21H19ClN2O3S2. The lowest BCUT2D eigenvalue weighted by molar-refractivity contribution is 0.354. The summed E-state index contributed by atoms with van der Waals surface area (Å²) in [5.74, 6) is 2.72. The minimum atomic E-state index is -0.0432. The lowest BCUT2D eigenvalue weighted by Crippen LogP contribution is -2.23. The van der Waals surface area contributed by atoms with Gasteiger partial charge in [-0.15, -0.1) is 11.8 Å². The molecule has 0 saturated carbocycles. The van der Waals surface area contributed by atoms with Crippen LogP contribution in [0.1, 0.15) is 11.3 Å². The number of rotatable bonds is 6. The van der Waals surface area contributed by atoms with E-state index in [1.54, 1.807) is 42.7 Å². The summed E-state index contributed by atoms with van der Waals surface area (Å²) in [5.41, 5.74) is 2.61. The molecule has 0 radical (unpaired) electrons. The number of benzene rings is 2. The maximum Gasteiger partial charge on any atom is 0.272 e. The summed E-state index contributed by atoms with van der Waals surface area (Å²) in [7, 11) is 3.17. The molecule has 2 heterocycles. The van der Waals surface area contributed by atoms with Crippen LogP contribution in [-0.2, 0) is 12.2 Å². The maximum atomic E-state index is 13.3. The van der Waals surface area contributed by atoms with Crippen molar-refractivity contribution in [1.29, 1.82) is 0 Å². The lowest BCUT2D eigenvalue weighted by Gasteiger charge is -2.15. The number of methoxy groups -OCH3 is 2. The van der Waals surface area contributed by atoms with Crippen molar-refractivity contribution in [3.05, 3.63) is 69.1 Å². The van der Waals surface area contributed by atoms with Gasteiger partial charge in [-0.25, -0.2) is 4.98 Å². The van der Waals surface area contributed by atoms with E-state index in [2.05, 4.69) is 0 Å². The van der Waals surface area contributed by atoms with E-state index < -0.39 is 0 Å². The highest BCUT2D eigenvalue weighted by molar-refractivity contribution is 7.99. The number of ether oxygens (including phenoxy) is 2. The second kappa shape index (κ2) is 8.73. The quantitative estimate of drug-likeness (QED) is 0.398. The predicted molar refractivity (Wildman–Crippen MR) is 118 cm³/mol. The molecule has 150 valence electrons. The summed E-state index contributed by atoms with van der Waals surface area (Å²) in [4.78, 5) is 18.9. The molecule has 3 aromatic rings. The van der Waals surface area contributed by atoms with Gasteiger partial charge in [0.15, 0.2) is 16.7 Å². The van der Waals surface area contributed by atoms with Crippen LogP contribution in [0.25, 0.3) is 5.69 Å². The van der Waals surface area contributed by atoms with Gasteiger partial charge in [0.25, 0.3) is 5.56 Å². The van der Waals surface area contributed by atoms with Crippen molar-refractivity contribution in [3.63, 3.8) is 0 Å². The first-order valence-electron chi connectivity index (χ1n) is 8.99. The SMILES string of the molecule is COc1ccc(-n2c(SCc3cccc(Cl)c3)nc3c(c2=O)SCC3)cc1OC. The second-order valence-corrected chi connectivity index (χ2v) is 8.85. The van der Waals surface area contributed by atoms with Crippen molar-refractivity contribution in [1.82, 2.24) is 9.55 Å². The molecule has 0 atom stereocenters. The first-order valence-corrected chi connectivity index (χ1v) is 11.3. The van der Waals surface area contributed by atoms with Crippen LogP contribution >= 0.6 is 35.1 Å². The van der Waals surface area contributed by atoms with Gasteiger partial charge in [-0.3, -0.25) is 9.36 Å². The minimum absolute atomic E-state index is 0.0432. The highest BCUT2D eigenvalue weighted by atomic mass is 35.5. The van der Waals surface area contributed by atoms with Crippen LogP contribution < -0.4 is 15.0 Å². The Morgan fingerprint density at radius 2 is 2.00 bits per heavy atom. The summed E-state index contributed by atoms with van der Waals surface area (Å²) in [6.45, 7) is 0. The van der Waals surface area contributed by atoms with Crippen molar-refractivity contribution >= 4 is 35.1 Å². The zero-order valence-corrected chi connectivity index (χ0v) is 18.4. The Morgan fingerprint density at radius 1 is 1.17 bits per heavy atom. The molecule has 0 amide bonds. The number of hydrogen-bond donors (Lipinski definition) is 0. The van der Waals surface area contributed by atoms with Crippen LogP contribution in [0.4, 0.5) is 0 Å². The van der Waals surface area contributed by atoms with Gasteiger partial charge in [0.2, 0.25) is 0 Å². The number of fused-ring (bicyclic) bond motifs is 1. The van der Waals surface area contributed by atoms with Gasteiger partial charge in [-0.05, 0) is 29.8 Å².